The summed E-state index contributed by atoms with van der Waals surface area (Å²) in [6.07, 6.45) is 8.29. The van der Waals surface area contributed by atoms with Crippen LogP contribution in [-0.2, 0) is 14.3 Å². The molecule has 4 aliphatic rings. The van der Waals surface area contributed by atoms with E-state index in [4.69, 9.17) is 9.47 Å². The number of alkyl halides is 1. The molecule has 2 saturated carbocycles. The Morgan fingerprint density at radius 1 is 1.32 bits per heavy atom. The maximum Gasteiger partial charge on any atom is 0.314 e. The van der Waals surface area contributed by atoms with Crippen LogP contribution in [0.4, 0.5) is 0 Å². The van der Waals surface area contributed by atoms with E-state index in [1.54, 1.807) is 0 Å². The van der Waals surface area contributed by atoms with Crippen molar-refractivity contribution in [2.24, 2.45) is 11.3 Å². The van der Waals surface area contributed by atoms with Gasteiger partial charge in [-0.2, -0.15) is 0 Å². The van der Waals surface area contributed by atoms with Gasteiger partial charge in [0.05, 0.1) is 23.7 Å². The van der Waals surface area contributed by atoms with Crippen LogP contribution in [0.5, 0.6) is 0 Å². The zero-order chi connectivity index (χ0) is 13.5. The molecule has 2 saturated heterocycles. The average molecular weight is 378 g/mol. The Hall–Kier alpha value is 0.160. The van der Waals surface area contributed by atoms with E-state index in [9.17, 15) is 4.79 Å². The Balaban J connectivity index is 1.79. The molecule has 2 aliphatic carbocycles. The summed E-state index contributed by atoms with van der Waals surface area (Å²) in [7, 11) is 0. The van der Waals surface area contributed by atoms with Crippen LogP contribution in [0.15, 0.2) is 0 Å². The first-order valence-electron chi connectivity index (χ1n) is 7.57. The van der Waals surface area contributed by atoms with Crippen LogP contribution in [0, 0.1) is 11.3 Å². The number of rotatable bonds is 4. The van der Waals surface area contributed by atoms with E-state index in [1.807, 2.05) is 6.92 Å². The van der Waals surface area contributed by atoms with Crippen molar-refractivity contribution >= 4 is 28.6 Å². The first-order valence-corrected chi connectivity index (χ1v) is 9.09. The highest BCUT2D eigenvalue weighted by Crippen LogP contribution is 2.65. The highest BCUT2D eigenvalue weighted by Gasteiger charge is 2.72. The monoisotopic (exact) mass is 378 g/mol. The molecule has 4 rings (SSSR count). The zero-order valence-electron chi connectivity index (χ0n) is 11.6. The third-order valence-electron chi connectivity index (χ3n) is 5.20. The van der Waals surface area contributed by atoms with Crippen molar-refractivity contribution in [1.82, 2.24) is 0 Å². The molecule has 0 amide bonds. The van der Waals surface area contributed by atoms with Crippen LogP contribution in [-0.4, -0.2) is 28.7 Å². The van der Waals surface area contributed by atoms with Gasteiger partial charge < -0.3 is 9.47 Å². The lowest BCUT2D eigenvalue weighted by Gasteiger charge is -2.43. The van der Waals surface area contributed by atoms with E-state index in [0.29, 0.717) is 12.5 Å². The van der Waals surface area contributed by atoms with E-state index in [2.05, 4.69) is 22.6 Å². The van der Waals surface area contributed by atoms with Gasteiger partial charge in [-0.05, 0) is 38.5 Å². The van der Waals surface area contributed by atoms with Crippen LogP contribution >= 0.6 is 22.6 Å². The van der Waals surface area contributed by atoms with Crippen LogP contribution < -0.4 is 0 Å². The molecule has 2 bridgehead atoms. The summed E-state index contributed by atoms with van der Waals surface area (Å²) < 4.78 is 12.7. The number of halogens is 1. The van der Waals surface area contributed by atoms with Crippen LogP contribution in [0.2, 0.25) is 0 Å². The minimum atomic E-state index is -0.302. The molecule has 0 aromatic carbocycles. The van der Waals surface area contributed by atoms with Crippen LogP contribution in [0.3, 0.4) is 0 Å². The number of ether oxygens (including phenoxy) is 2. The van der Waals surface area contributed by atoms with Gasteiger partial charge in [-0.15, -0.1) is 0 Å². The zero-order valence-corrected chi connectivity index (χ0v) is 13.8. The number of carbonyl (C=O) groups excluding carboxylic acids is 1. The molecule has 19 heavy (non-hydrogen) atoms. The van der Waals surface area contributed by atoms with Crippen molar-refractivity contribution in [3.63, 3.8) is 0 Å². The van der Waals surface area contributed by atoms with Crippen molar-refractivity contribution in [3.8, 4) is 0 Å². The van der Waals surface area contributed by atoms with Crippen molar-refractivity contribution in [2.75, 3.05) is 11.0 Å². The minimum Gasteiger partial charge on any atom is -0.465 e. The maximum atomic E-state index is 12.4. The lowest BCUT2D eigenvalue weighted by molar-refractivity contribution is -0.162. The lowest BCUT2D eigenvalue weighted by atomic mass is 9.58. The number of carbonyl (C=O) groups is 1. The van der Waals surface area contributed by atoms with Gasteiger partial charge in [0.25, 0.3) is 0 Å². The Morgan fingerprint density at radius 2 is 2.00 bits per heavy atom. The molecule has 0 N–H and O–H groups in total. The molecular formula is C15H23IO3. The summed E-state index contributed by atoms with van der Waals surface area (Å²) in [6.45, 7) is 2.37. The van der Waals surface area contributed by atoms with Crippen molar-refractivity contribution < 1.29 is 14.3 Å². The first kappa shape index (κ1) is 14.1. The summed E-state index contributed by atoms with van der Waals surface area (Å²) in [4.78, 5) is 12.4. The van der Waals surface area contributed by atoms with Gasteiger partial charge in [0.15, 0.2) is 0 Å². The van der Waals surface area contributed by atoms with Gasteiger partial charge in [-0.25, -0.2) is 0 Å². The smallest absolute Gasteiger partial charge is 0.314 e. The predicted molar refractivity (Wildman–Crippen MR) is 81.4 cm³/mol. The van der Waals surface area contributed by atoms with E-state index < -0.39 is 0 Å². The molecule has 1 atom stereocenters. The molecule has 4 fully saturated rings. The highest BCUT2D eigenvalue weighted by atomic mass is 127. The van der Waals surface area contributed by atoms with E-state index in [0.717, 1.165) is 17.3 Å². The van der Waals surface area contributed by atoms with E-state index in [1.165, 1.54) is 32.1 Å². The van der Waals surface area contributed by atoms with Crippen molar-refractivity contribution in [1.29, 1.82) is 0 Å². The fourth-order valence-corrected chi connectivity index (χ4v) is 5.13. The number of hydrogen-bond acceptors (Lipinski definition) is 3. The fraction of sp³-hybridized carbons (Fsp3) is 0.933. The first-order chi connectivity index (χ1) is 9.16. The normalized spacial score (nSPS) is 41.9. The number of hydrogen-bond donors (Lipinski definition) is 0. The Kier molecular flexibility index (Phi) is 3.84. The number of fused-ring (bicyclic) bond motifs is 1. The maximum absolute atomic E-state index is 12.4. The summed E-state index contributed by atoms with van der Waals surface area (Å²) in [5.74, 6) is 0.578. The third kappa shape index (κ3) is 2.13. The molecule has 0 spiro atoms. The molecule has 108 valence electrons. The quantitative estimate of drug-likeness (QED) is 0.427. The Labute approximate surface area is 128 Å². The summed E-state index contributed by atoms with van der Waals surface area (Å²) >= 11 is 2.40. The second kappa shape index (κ2) is 5.17. The molecule has 4 heteroatoms. The lowest BCUT2D eigenvalue weighted by Crippen LogP contribution is -2.52. The van der Waals surface area contributed by atoms with E-state index in [-0.39, 0.29) is 23.1 Å². The summed E-state index contributed by atoms with van der Waals surface area (Å²) in [6, 6.07) is 0. The molecule has 2 aliphatic heterocycles. The summed E-state index contributed by atoms with van der Waals surface area (Å²) in [5.41, 5.74) is -0.321. The SMILES string of the molecule is CCOC(=O)C12CC(CI)(C1)OC2C1CCCCC1. The molecule has 0 aromatic heterocycles. The molecule has 1 unspecified atom stereocenters. The molecule has 0 radical (unpaired) electrons. The second-order valence-corrected chi connectivity index (χ2v) is 7.25. The second-order valence-electron chi connectivity index (χ2n) is 6.48. The van der Waals surface area contributed by atoms with Crippen molar-refractivity contribution in [3.05, 3.63) is 0 Å². The predicted octanol–water partition coefficient (Wildman–Crippen LogP) is 3.48. The highest BCUT2D eigenvalue weighted by molar-refractivity contribution is 14.1. The topological polar surface area (TPSA) is 35.5 Å². The number of esters is 1. The molecular weight excluding hydrogens is 355 g/mol. The largest absolute Gasteiger partial charge is 0.465 e. The van der Waals surface area contributed by atoms with Gasteiger partial charge in [-0.1, -0.05) is 41.9 Å². The van der Waals surface area contributed by atoms with Gasteiger partial charge in [0.2, 0.25) is 0 Å². The summed E-state index contributed by atoms with van der Waals surface area (Å²) in [5, 5.41) is 0. The van der Waals surface area contributed by atoms with Gasteiger partial charge in [0, 0.05) is 4.43 Å². The third-order valence-corrected chi connectivity index (χ3v) is 6.59. The Bertz CT molecular complexity index is 356. The molecule has 2 heterocycles. The van der Waals surface area contributed by atoms with Crippen LogP contribution in [0.25, 0.3) is 0 Å². The van der Waals surface area contributed by atoms with Gasteiger partial charge in [-0.3, -0.25) is 4.79 Å². The minimum absolute atomic E-state index is 0.00329. The van der Waals surface area contributed by atoms with E-state index >= 15 is 0 Å². The molecule has 3 nitrogen and oxygen atoms in total. The average Bonchev–Trinajstić information content (AvgIpc) is 2.91. The Morgan fingerprint density at radius 3 is 2.58 bits per heavy atom. The van der Waals surface area contributed by atoms with Gasteiger partial charge >= 0.3 is 5.97 Å². The standard InChI is InChI=1S/C15H23IO3/c1-2-18-13(17)15-8-14(9-15,10-16)19-12(15)11-6-4-3-5-7-11/h11-12H,2-10H2,1H3. The molecule has 0 aromatic rings. The fourth-order valence-electron chi connectivity index (χ4n) is 4.41. The van der Waals surface area contributed by atoms with Crippen molar-refractivity contribution in [2.45, 2.75) is 63.6 Å². The van der Waals surface area contributed by atoms with Gasteiger partial charge in [0.1, 0.15) is 0 Å². The van der Waals surface area contributed by atoms with Crippen LogP contribution in [0.1, 0.15) is 51.9 Å².